The topological polar surface area (TPSA) is 85.9 Å². The highest BCUT2D eigenvalue weighted by Gasteiger charge is 2.26. The van der Waals surface area contributed by atoms with Gasteiger partial charge in [0.2, 0.25) is 5.95 Å². The third kappa shape index (κ3) is 3.13. The molecule has 0 saturated carbocycles. The summed E-state index contributed by atoms with van der Waals surface area (Å²) in [5.41, 5.74) is 10.1. The van der Waals surface area contributed by atoms with E-state index < -0.39 is 6.43 Å². The van der Waals surface area contributed by atoms with Gasteiger partial charge in [-0.15, -0.1) is 5.53 Å². The number of alkyl halides is 2. The molecular formula is C20H22F2N8. The number of aryl methyl sites for hydroxylation is 3. The molecule has 0 aliphatic carbocycles. The molecule has 10 heteroatoms. The van der Waals surface area contributed by atoms with Gasteiger partial charge in [0, 0.05) is 31.2 Å². The van der Waals surface area contributed by atoms with Gasteiger partial charge in [0.1, 0.15) is 11.8 Å². The summed E-state index contributed by atoms with van der Waals surface area (Å²) in [7, 11) is 3.39. The van der Waals surface area contributed by atoms with Gasteiger partial charge in [-0.25, -0.2) is 13.8 Å². The van der Waals surface area contributed by atoms with Crippen LogP contribution in [-0.2, 0) is 7.05 Å². The van der Waals surface area contributed by atoms with Gasteiger partial charge in [0.05, 0.1) is 28.8 Å². The Hall–Kier alpha value is -3.58. The number of fused-ring (bicyclic) bond motifs is 1. The number of imidazole rings is 1. The number of aromatic nitrogens is 3. The summed E-state index contributed by atoms with van der Waals surface area (Å²) in [6.07, 6.45) is -2.61. The molecule has 0 unspecified atom stereocenters. The molecule has 1 aliphatic rings. The maximum Gasteiger partial charge on any atom is 0.281 e. The summed E-state index contributed by atoms with van der Waals surface area (Å²) in [4.78, 5) is 4.75. The molecule has 3 aromatic rings. The average Bonchev–Trinajstić information content (AvgIpc) is 3.35. The fraction of sp³-hybridized carbons (Fsp3) is 0.300. The quantitative estimate of drug-likeness (QED) is 0.598. The van der Waals surface area contributed by atoms with E-state index in [0.717, 1.165) is 16.9 Å². The van der Waals surface area contributed by atoms with Crippen LogP contribution in [0.15, 0.2) is 35.7 Å². The van der Waals surface area contributed by atoms with Gasteiger partial charge in [-0.05, 0) is 38.1 Å². The van der Waals surface area contributed by atoms with Gasteiger partial charge in [0.25, 0.3) is 6.43 Å². The minimum atomic E-state index is -2.61. The van der Waals surface area contributed by atoms with Crippen LogP contribution >= 0.6 is 0 Å². The zero-order valence-corrected chi connectivity index (χ0v) is 17.1. The van der Waals surface area contributed by atoms with Crippen molar-refractivity contribution in [2.45, 2.75) is 20.3 Å². The van der Waals surface area contributed by atoms with Crippen molar-refractivity contribution in [1.82, 2.24) is 30.1 Å². The van der Waals surface area contributed by atoms with E-state index >= 15 is 0 Å². The predicted molar refractivity (Wildman–Crippen MR) is 110 cm³/mol. The number of nitrogens with one attached hydrogen (secondary N) is 3. The van der Waals surface area contributed by atoms with Crippen LogP contribution in [-0.4, -0.2) is 39.1 Å². The largest absolute Gasteiger partial charge is 0.379 e. The van der Waals surface area contributed by atoms with E-state index in [1.54, 1.807) is 6.07 Å². The summed E-state index contributed by atoms with van der Waals surface area (Å²) in [6.45, 7) is 4.14. The number of nitriles is 1. The zero-order chi connectivity index (χ0) is 21.6. The molecule has 0 radical (unpaired) electrons. The van der Waals surface area contributed by atoms with Crippen molar-refractivity contribution in [3.05, 3.63) is 52.6 Å². The SMILES string of the molecule is Cc1ccc(C)n1-c1nc2cc(NCC3=C(C(F)F)N(C)NN3)cc(C#N)c2n1C. The number of hydrogen-bond acceptors (Lipinski definition) is 6. The van der Waals surface area contributed by atoms with Crippen molar-refractivity contribution in [3.63, 3.8) is 0 Å². The lowest BCUT2D eigenvalue weighted by molar-refractivity contribution is 0.138. The van der Waals surface area contributed by atoms with Crippen molar-refractivity contribution in [1.29, 1.82) is 5.26 Å². The molecule has 2 aromatic heterocycles. The second kappa shape index (κ2) is 7.35. The van der Waals surface area contributed by atoms with E-state index in [2.05, 4.69) is 22.3 Å². The first-order valence-corrected chi connectivity index (χ1v) is 9.38. The summed E-state index contributed by atoms with van der Waals surface area (Å²) >= 11 is 0. The molecule has 0 saturated heterocycles. The van der Waals surface area contributed by atoms with E-state index in [9.17, 15) is 14.0 Å². The van der Waals surface area contributed by atoms with Gasteiger partial charge in [-0.1, -0.05) is 0 Å². The van der Waals surface area contributed by atoms with E-state index in [-0.39, 0.29) is 12.2 Å². The summed E-state index contributed by atoms with van der Waals surface area (Å²) in [5, 5.41) is 14.1. The van der Waals surface area contributed by atoms with Crippen LogP contribution in [0.5, 0.6) is 0 Å². The second-order valence-electron chi connectivity index (χ2n) is 7.24. The van der Waals surface area contributed by atoms with Crippen LogP contribution in [0.3, 0.4) is 0 Å². The Morgan fingerprint density at radius 2 is 1.90 bits per heavy atom. The summed E-state index contributed by atoms with van der Waals surface area (Å²) in [5.74, 6) is 0.713. The second-order valence-corrected chi connectivity index (χ2v) is 7.24. The Labute approximate surface area is 172 Å². The number of anilines is 1. The van der Waals surface area contributed by atoms with Crippen LogP contribution in [0.2, 0.25) is 0 Å². The molecule has 0 bridgehead atoms. The first-order valence-electron chi connectivity index (χ1n) is 9.38. The Balaban J connectivity index is 1.73. The van der Waals surface area contributed by atoms with Crippen LogP contribution < -0.4 is 16.3 Å². The Bertz CT molecular complexity index is 1180. The highest BCUT2D eigenvalue weighted by Crippen LogP contribution is 2.27. The molecule has 30 heavy (non-hydrogen) atoms. The predicted octanol–water partition coefficient (Wildman–Crippen LogP) is 2.70. The fourth-order valence-electron chi connectivity index (χ4n) is 3.79. The maximum atomic E-state index is 13.3. The highest BCUT2D eigenvalue weighted by molar-refractivity contribution is 5.87. The van der Waals surface area contributed by atoms with E-state index in [4.69, 9.17) is 4.98 Å². The smallest absolute Gasteiger partial charge is 0.281 e. The fourth-order valence-corrected chi connectivity index (χ4v) is 3.79. The molecule has 0 spiro atoms. The van der Waals surface area contributed by atoms with Gasteiger partial charge in [0.15, 0.2) is 0 Å². The molecule has 3 heterocycles. The van der Waals surface area contributed by atoms with Crippen molar-refractivity contribution >= 4 is 16.7 Å². The van der Waals surface area contributed by atoms with Crippen molar-refractivity contribution < 1.29 is 8.78 Å². The lowest BCUT2D eigenvalue weighted by atomic mass is 10.1. The highest BCUT2D eigenvalue weighted by atomic mass is 19.3. The first-order chi connectivity index (χ1) is 14.3. The van der Waals surface area contributed by atoms with Crippen LogP contribution in [0.25, 0.3) is 17.0 Å². The number of allylic oxidation sites excluding steroid dienone is 1. The van der Waals surface area contributed by atoms with E-state index in [0.29, 0.717) is 28.4 Å². The Morgan fingerprint density at radius 1 is 1.20 bits per heavy atom. The van der Waals surface area contributed by atoms with Crippen molar-refractivity contribution in [2.75, 3.05) is 18.9 Å². The average molecular weight is 412 g/mol. The van der Waals surface area contributed by atoms with Crippen LogP contribution in [0.1, 0.15) is 17.0 Å². The molecule has 8 nitrogen and oxygen atoms in total. The van der Waals surface area contributed by atoms with Gasteiger partial charge >= 0.3 is 0 Å². The number of nitrogens with zero attached hydrogens (tertiary/aromatic N) is 5. The number of halogens is 2. The third-order valence-electron chi connectivity index (χ3n) is 5.26. The Kier molecular flexibility index (Phi) is 4.83. The summed E-state index contributed by atoms with van der Waals surface area (Å²) < 4.78 is 30.5. The van der Waals surface area contributed by atoms with E-state index in [1.165, 1.54) is 12.1 Å². The number of rotatable bonds is 5. The van der Waals surface area contributed by atoms with Crippen LogP contribution in [0.4, 0.5) is 14.5 Å². The molecule has 0 atom stereocenters. The monoisotopic (exact) mass is 412 g/mol. The molecule has 0 amide bonds. The lowest BCUT2D eigenvalue weighted by Crippen LogP contribution is -2.36. The molecule has 1 aromatic carbocycles. The standard InChI is InChI=1S/C20H22F2N8/c1-11-5-6-12(2)30(11)20-25-15-8-14(7-13(9-23)17(15)28(20)3)24-10-16-18(19(21)22)29(4)27-26-16/h5-8,19,24,26-27H,10H2,1-4H3. The lowest BCUT2D eigenvalue weighted by Gasteiger charge is -2.13. The van der Waals surface area contributed by atoms with Gasteiger partial charge in [-0.3, -0.25) is 9.58 Å². The maximum absolute atomic E-state index is 13.3. The number of benzene rings is 1. The first kappa shape index (κ1) is 19.7. The summed E-state index contributed by atoms with van der Waals surface area (Å²) in [6, 6.07) is 9.78. The van der Waals surface area contributed by atoms with Crippen molar-refractivity contribution in [3.8, 4) is 12.0 Å². The van der Waals surface area contributed by atoms with Gasteiger partial charge < -0.3 is 15.3 Å². The van der Waals surface area contributed by atoms with Crippen LogP contribution in [0, 0.1) is 25.2 Å². The third-order valence-corrected chi connectivity index (χ3v) is 5.26. The van der Waals surface area contributed by atoms with Crippen molar-refractivity contribution in [2.24, 2.45) is 7.05 Å². The molecule has 156 valence electrons. The zero-order valence-electron chi connectivity index (χ0n) is 17.1. The number of hydrogen-bond donors (Lipinski definition) is 3. The molecular weight excluding hydrogens is 390 g/mol. The minimum absolute atomic E-state index is 0.122. The number of hydrazine groups is 2. The van der Waals surface area contributed by atoms with Gasteiger partial charge in [-0.2, -0.15) is 5.26 Å². The van der Waals surface area contributed by atoms with E-state index in [1.807, 2.05) is 48.2 Å². The minimum Gasteiger partial charge on any atom is -0.379 e. The molecule has 0 fully saturated rings. The Morgan fingerprint density at radius 3 is 2.53 bits per heavy atom. The molecule has 3 N–H and O–H groups in total. The molecule has 1 aliphatic heterocycles. The normalized spacial score (nSPS) is 14.0. The molecule has 4 rings (SSSR count).